The molecule has 2 heteroatoms. The Morgan fingerprint density at radius 2 is 0.962 bits per heavy atom. The predicted octanol–water partition coefficient (Wildman–Crippen LogP) is 7.60. The summed E-state index contributed by atoms with van der Waals surface area (Å²) in [5.74, 6) is 0. The third-order valence-corrected chi connectivity index (χ3v) is 5.38. The van der Waals surface area contributed by atoms with Crippen LogP contribution in [0.15, 0.2) is 0 Å². The molecular formula is C24H51NO. The van der Waals surface area contributed by atoms with E-state index in [1.54, 1.807) is 0 Å². The van der Waals surface area contributed by atoms with E-state index in [1.165, 1.54) is 103 Å². The lowest BCUT2D eigenvalue weighted by molar-refractivity contribution is 0.0313. The molecule has 2 nitrogen and oxygen atoms in total. The molecule has 0 radical (unpaired) electrons. The first-order valence-corrected chi connectivity index (χ1v) is 12.0. The largest absolute Gasteiger partial charge is 0.377 e. The molecule has 0 saturated carbocycles. The highest BCUT2D eigenvalue weighted by Gasteiger charge is 2.07. The van der Waals surface area contributed by atoms with Crippen molar-refractivity contribution in [2.75, 3.05) is 27.2 Å². The van der Waals surface area contributed by atoms with E-state index < -0.39 is 0 Å². The molecule has 0 spiro atoms. The van der Waals surface area contributed by atoms with Crippen molar-refractivity contribution in [3.05, 3.63) is 0 Å². The van der Waals surface area contributed by atoms with Crippen molar-refractivity contribution >= 4 is 0 Å². The predicted molar refractivity (Wildman–Crippen MR) is 118 cm³/mol. The molecule has 0 fully saturated rings. The van der Waals surface area contributed by atoms with Gasteiger partial charge in [-0.3, -0.25) is 0 Å². The van der Waals surface area contributed by atoms with Crippen LogP contribution in [0.25, 0.3) is 0 Å². The topological polar surface area (TPSA) is 12.5 Å². The Labute approximate surface area is 166 Å². The summed E-state index contributed by atoms with van der Waals surface area (Å²) in [6, 6.07) is 0. The third-order valence-electron chi connectivity index (χ3n) is 5.38. The number of ether oxygens (including phenoxy) is 1. The zero-order valence-corrected chi connectivity index (χ0v) is 18.9. The van der Waals surface area contributed by atoms with E-state index >= 15 is 0 Å². The maximum Gasteiger partial charge on any atom is 0.0699 e. The van der Waals surface area contributed by atoms with Gasteiger partial charge < -0.3 is 9.64 Å². The van der Waals surface area contributed by atoms with Gasteiger partial charge in [0.2, 0.25) is 0 Å². The Morgan fingerprint density at radius 1 is 0.577 bits per heavy atom. The van der Waals surface area contributed by atoms with Crippen molar-refractivity contribution in [3.63, 3.8) is 0 Å². The van der Waals surface area contributed by atoms with Gasteiger partial charge in [0.1, 0.15) is 0 Å². The van der Waals surface area contributed by atoms with E-state index in [0.29, 0.717) is 6.10 Å². The molecule has 0 N–H and O–H groups in total. The summed E-state index contributed by atoms with van der Waals surface area (Å²) in [6.07, 6.45) is 24.4. The molecule has 0 saturated heterocycles. The molecule has 0 heterocycles. The van der Waals surface area contributed by atoms with E-state index in [0.717, 1.165) is 19.6 Å². The molecule has 0 aliphatic carbocycles. The molecular weight excluding hydrogens is 318 g/mol. The molecule has 1 unspecified atom stereocenters. The summed E-state index contributed by atoms with van der Waals surface area (Å²) in [4.78, 5) is 2.22. The molecule has 0 aliphatic heterocycles. The highest BCUT2D eigenvalue weighted by atomic mass is 16.5. The summed E-state index contributed by atoms with van der Waals surface area (Å²) in [6.45, 7) is 6.52. The zero-order chi connectivity index (χ0) is 19.3. The van der Waals surface area contributed by atoms with Crippen LogP contribution in [0.4, 0.5) is 0 Å². The van der Waals surface area contributed by atoms with Crippen LogP contribution in [0.3, 0.4) is 0 Å². The van der Waals surface area contributed by atoms with Crippen molar-refractivity contribution in [1.29, 1.82) is 0 Å². The molecule has 0 bridgehead atoms. The number of unbranched alkanes of at least 4 members (excludes halogenated alkanes) is 15. The van der Waals surface area contributed by atoms with Gasteiger partial charge in [-0.1, -0.05) is 110 Å². The number of hydrogen-bond donors (Lipinski definition) is 0. The second-order valence-electron chi connectivity index (χ2n) is 8.47. The molecule has 0 aromatic carbocycles. The minimum atomic E-state index is 0.418. The van der Waals surface area contributed by atoms with E-state index in [-0.39, 0.29) is 0 Å². The van der Waals surface area contributed by atoms with Gasteiger partial charge in [0.25, 0.3) is 0 Å². The fourth-order valence-electron chi connectivity index (χ4n) is 3.61. The minimum Gasteiger partial charge on any atom is -0.377 e. The summed E-state index contributed by atoms with van der Waals surface area (Å²) in [5, 5.41) is 0. The van der Waals surface area contributed by atoms with Crippen LogP contribution in [0.1, 0.15) is 123 Å². The number of likely N-dealkylation sites (N-methyl/N-ethyl adjacent to an activating group) is 1. The smallest absolute Gasteiger partial charge is 0.0699 e. The first-order valence-electron chi connectivity index (χ1n) is 12.0. The molecule has 0 aliphatic rings. The van der Waals surface area contributed by atoms with Crippen molar-refractivity contribution in [1.82, 2.24) is 4.90 Å². The summed E-state index contributed by atoms with van der Waals surface area (Å²) in [5.41, 5.74) is 0. The van der Waals surface area contributed by atoms with Crippen LogP contribution in [-0.4, -0.2) is 38.3 Å². The van der Waals surface area contributed by atoms with Crippen molar-refractivity contribution in [3.8, 4) is 0 Å². The van der Waals surface area contributed by atoms with Crippen LogP contribution < -0.4 is 0 Å². The monoisotopic (exact) mass is 369 g/mol. The average Bonchev–Trinajstić information content (AvgIpc) is 2.63. The third kappa shape index (κ3) is 20.2. The lowest BCUT2D eigenvalue weighted by Crippen LogP contribution is -2.28. The Morgan fingerprint density at radius 3 is 1.31 bits per heavy atom. The molecule has 158 valence electrons. The maximum absolute atomic E-state index is 5.98. The highest BCUT2D eigenvalue weighted by Crippen LogP contribution is 2.13. The quantitative estimate of drug-likeness (QED) is 0.193. The van der Waals surface area contributed by atoms with Gasteiger partial charge in [-0.2, -0.15) is 0 Å². The fourth-order valence-corrected chi connectivity index (χ4v) is 3.61. The molecule has 0 aromatic heterocycles. The Bertz CT molecular complexity index is 255. The van der Waals surface area contributed by atoms with Gasteiger partial charge in [-0.25, -0.2) is 0 Å². The Balaban J connectivity index is 3.13. The van der Waals surface area contributed by atoms with Crippen LogP contribution in [0, 0.1) is 0 Å². The average molecular weight is 370 g/mol. The molecule has 0 aromatic rings. The molecule has 0 amide bonds. The number of nitrogens with zero attached hydrogens (tertiary/aromatic N) is 1. The maximum atomic E-state index is 5.98. The molecule has 26 heavy (non-hydrogen) atoms. The summed E-state index contributed by atoms with van der Waals surface area (Å²) < 4.78 is 5.98. The summed E-state index contributed by atoms with van der Waals surface area (Å²) in [7, 11) is 4.25. The van der Waals surface area contributed by atoms with Crippen LogP contribution >= 0.6 is 0 Å². The van der Waals surface area contributed by atoms with Gasteiger partial charge >= 0.3 is 0 Å². The second-order valence-corrected chi connectivity index (χ2v) is 8.47. The van der Waals surface area contributed by atoms with Gasteiger partial charge in [-0.15, -0.1) is 0 Å². The van der Waals surface area contributed by atoms with Gasteiger partial charge in [0.05, 0.1) is 6.10 Å². The van der Waals surface area contributed by atoms with E-state index in [1.807, 2.05) is 0 Å². The van der Waals surface area contributed by atoms with Gasteiger partial charge in [0, 0.05) is 13.2 Å². The van der Waals surface area contributed by atoms with Gasteiger partial charge in [0.15, 0.2) is 0 Å². The van der Waals surface area contributed by atoms with Crippen LogP contribution in [0.5, 0.6) is 0 Å². The molecule has 0 rings (SSSR count). The second kappa shape index (κ2) is 21.2. The van der Waals surface area contributed by atoms with Crippen LogP contribution in [0.2, 0.25) is 0 Å². The van der Waals surface area contributed by atoms with E-state index in [2.05, 4.69) is 32.8 Å². The van der Waals surface area contributed by atoms with E-state index in [9.17, 15) is 0 Å². The summed E-state index contributed by atoms with van der Waals surface area (Å²) >= 11 is 0. The Kier molecular flexibility index (Phi) is 21.2. The number of hydrogen-bond acceptors (Lipinski definition) is 2. The normalized spacial score (nSPS) is 12.8. The lowest BCUT2D eigenvalue weighted by Gasteiger charge is -2.20. The number of rotatable bonds is 21. The molecule has 1 atom stereocenters. The fraction of sp³-hybridized carbons (Fsp3) is 1.00. The lowest BCUT2D eigenvalue weighted by atomic mass is 10.0. The minimum absolute atomic E-state index is 0.418. The SMILES string of the molecule is CCCCCCCCCCCCCCCCCCOC(CC)CN(C)C. The van der Waals surface area contributed by atoms with E-state index in [4.69, 9.17) is 4.74 Å². The standard InChI is InChI=1S/C24H51NO/c1-5-7-8-9-10-11-12-13-14-15-16-17-18-19-20-21-22-26-24(6-2)23-25(3)4/h24H,5-23H2,1-4H3. The Hall–Kier alpha value is -0.0800. The first kappa shape index (κ1) is 25.9. The van der Waals surface area contributed by atoms with Crippen molar-refractivity contribution in [2.45, 2.75) is 129 Å². The van der Waals surface area contributed by atoms with Crippen molar-refractivity contribution < 1.29 is 4.74 Å². The zero-order valence-electron chi connectivity index (χ0n) is 18.9. The first-order chi connectivity index (χ1) is 12.7. The van der Waals surface area contributed by atoms with Gasteiger partial charge in [-0.05, 0) is 26.9 Å². The highest BCUT2D eigenvalue weighted by molar-refractivity contribution is 4.59. The van der Waals surface area contributed by atoms with Crippen molar-refractivity contribution in [2.24, 2.45) is 0 Å². The van der Waals surface area contributed by atoms with Crippen LogP contribution in [-0.2, 0) is 4.74 Å².